The summed E-state index contributed by atoms with van der Waals surface area (Å²) in [6.45, 7) is 2.61. The van der Waals surface area contributed by atoms with E-state index in [-0.39, 0.29) is 12.1 Å². The smallest absolute Gasteiger partial charge is 0.119 e. The van der Waals surface area contributed by atoms with Crippen molar-refractivity contribution in [1.29, 1.82) is 0 Å². The molecule has 4 heteroatoms. The largest absolute Gasteiger partial charge is 0.497 e. The maximum Gasteiger partial charge on any atom is 0.119 e. The summed E-state index contributed by atoms with van der Waals surface area (Å²) in [6, 6.07) is 23.2. The Morgan fingerprint density at radius 1 is 0.704 bits per heavy atom. The van der Waals surface area contributed by atoms with E-state index in [1.165, 1.54) is 5.56 Å². The summed E-state index contributed by atoms with van der Waals surface area (Å²) in [5.41, 5.74) is 17.1. The molecule has 0 aromatic heterocycles. The van der Waals surface area contributed by atoms with Gasteiger partial charge in [0.25, 0.3) is 0 Å². The number of methoxy groups -OCH3 is 1. The molecule has 4 N–H and O–H groups in total. The molecule has 27 heavy (non-hydrogen) atoms. The Labute approximate surface area is 160 Å². The van der Waals surface area contributed by atoms with Crippen LogP contribution in [-0.4, -0.2) is 7.11 Å². The Kier molecular flexibility index (Phi) is 6.12. The lowest BCUT2D eigenvalue weighted by molar-refractivity contribution is 0.306. The Hall–Kier alpha value is -2.82. The third-order valence-corrected chi connectivity index (χ3v) is 4.68. The highest BCUT2D eigenvalue weighted by Crippen LogP contribution is 2.27. The lowest BCUT2D eigenvalue weighted by atomic mass is 9.95. The zero-order valence-corrected chi connectivity index (χ0v) is 15.8. The average Bonchev–Trinajstić information content (AvgIpc) is 2.73. The molecule has 3 rings (SSSR count). The van der Waals surface area contributed by atoms with E-state index in [0.717, 1.165) is 28.2 Å². The highest BCUT2D eigenvalue weighted by molar-refractivity contribution is 5.34. The molecule has 0 bridgehead atoms. The van der Waals surface area contributed by atoms with Crippen molar-refractivity contribution < 1.29 is 9.47 Å². The van der Waals surface area contributed by atoms with Crippen LogP contribution in [0.5, 0.6) is 11.5 Å². The first-order valence-electron chi connectivity index (χ1n) is 9.00. The number of hydrogen-bond acceptors (Lipinski definition) is 4. The van der Waals surface area contributed by atoms with E-state index in [0.29, 0.717) is 6.61 Å². The summed E-state index contributed by atoms with van der Waals surface area (Å²) >= 11 is 0. The van der Waals surface area contributed by atoms with Crippen LogP contribution in [0.25, 0.3) is 0 Å². The summed E-state index contributed by atoms with van der Waals surface area (Å²) in [7, 11) is 1.64. The first-order chi connectivity index (χ1) is 13.1. The Bertz CT molecular complexity index is 843. The van der Waals surface area contributed by atoms with Crippen LogP contribution in [-0.2, 0) is 6.61 Å². The summed E-state index contributed by atoms with van der Waals surface area (Å²) in [5, 5.41) is 0. The van der Waals surface area contributed by atoms with Crippen LogP contribution < -0.4 is 20.9 Å². The molecule has 3 aromatic rings. The van der Waals surface area contributed by atoms with Crippen molar-refractivity contribution in [2.75, 3.05) is 7.11 Å². The van der Waals surface area contributed by atoms with Crippen molar-refractivity contribution in [2.24, 2.45) is 11.5 Å². The molecule has 0 unspecified atom stereocenters. The molecule has 0 amide bonds. The van der Waals surface area contributed by atoms with Gasteiger partial charge in [-0.15, -0.1) is 0 Å². The zero-order valence-electron chi connectivity index (χ0n) is 15.8. The summed E-state index contributed by atoms with van der Waals surface area (Å²) in [4.78, 5) is 0. The van der Waals surface area contributed by atoms with Crippen LogP contribution in [0.2, 0.25) is 0 Å². The number of aryl methyl sites for hydroxylation is 1. The van der Waals surface area contributed by atoms with Gasteiger partial charge in [-0.25, -0.2) is 0 Å². The Balaban J connectivity index is 1.62. The topological polar surface area (TPSA) is 70.5 Å². The van der Waals surface area contributed by atoms with Gasteiger partial charge in [-0.05, 0) is 47.9 Å². The molecule has 140 valence electrons. The van der Waals surface area contributed by atoms with E-state index in [1.54, 1.807) is 7.11 Å². The molecule has 4 nitrogen and oxygen atoms in total. The lowest BCUT2D eigenvalue weighted by Gasteiger charge is -2.21. The van der Waals surface area contributed by atoms with Crippen molar-refractivity contribution in [3.63, 3.8) is 0 Å². The number of rotatable bonds is 7. The molecular formula is C23H26N2O2. The average molecular weight is 362 g/mol. The maximum absolute atomic E-state index is 6.37. The fourth-order valence-electron chi connectivity index (χ4n) is 2.88. The molecule has 0 spiro atoms. The molecule has 0 saturated heterocycles. The second kappa shape index (κ2) is 8.71. The number of benzene rings is 3. The Morgan fingerprint density at radius 2 is 1.19 bits per heavy atom. The third-order valence-electron chi connectivity index (χ3n) is 4.68. The van der Waals surface area contributed by atoms with Crippen molar-refractivity contribution in [2.45, 2.75) is 25.6 Å². The van der Waals surface area contributed by atoms with Crippen molar-refractivity contribution in [1.82, 2.24) is 0 Å². The number of hydrogen-bond donors (Lipinski definition) is 2. The van der Waals surface area contributed by atoms with E-state index in [9.17, 15) is 0 Å². The maximum atomic E-state index is 6.37. The molecule has 3 aromatic carbocycles. The SMILES string of the molecule is COc1ccc([C@@H](N)[C@H](N)c2ccc(OCc3ccc(C)cc3)cc2)cc1. The normalized spacial score (nSPS) is 13.0. The molecule has 0 aliphatic heterocycles. The third kappa shape index (κ3) is 4.88. The zero-order chi connectivity index (χ0) is 19.2. The first kappa shape index (κ1) is 19.0. The minimum Gasteiger partial charge on any atom is -0.497 e. The van der Waals surface area contributed by atoms with Crippen molar-refractivity contribution >= 4 is 0 Å². The van der Waals surface area contributed by atoms with Gasteiger partial charge in [0.2, 0.25) is 0 Å². The van der Waals surface area contributed by atoms with Crippen molar-refractivity contribution in [3.05, 3.63) is 95.1 Å². The van der Waals surface area contributed by atoms with Crippen LogP contribution >= 0.6 is 0 Å². The summed E-state index contributed by atoms with van der Waals surface area (Å²) in [5.74, 6) is 1.61. The van der Waals surface area contributed by atoms with Gasteiger partial charge in [0.1, 0.15) is 18.1 Å². The first-order valence-corrected chi connectivity index (χ1v) is 9.00. The highest BCUT2D eigenvalue weighted by atomic mass is 16.5. The highest BCUT2D eigenvalue weighted by Gasteiger charge is 2.17. The van der Waals surface area contributed by atoms with E-state index in [4.69, 9.17) is 20.9 Å². The van der Waals surface area contributed by atoms with Gasteiger partial charge >= 0.3 is 0 Å². The molecule has 0 saturated carbocycles. The molecule has 0 radical (unpaired) electrons. The van der Waals surface area contributed by atoms with Gasteiger partial charge in [0.05, 0.1) is 7.11 Å². The number of nitrogens with two attached hydrogens (primary N) is 2. The minimum absolute atomic E-state index is 0.296. The van der Waals surface area contributed by atoms with Crippen molar-refractivity contribution in [3.8, 4) is 11.5 Å². The van der Waals surface area contributed by atoms with Gasteiger partial charge in [0, 0.05) is 12.1 Å². The molecule has 0 fully saturated rings. The standard InChI is InChI=1S/C23H26N2O2/c1-16-3-5-17(6-4-16)15-27-21-13-9-19(10-14-21)23(25)22(24)18-7-11-20(26-2)12-8-18/h3-14,22-23H,15,24-25H2,1-2H3/t22-,23-/m1/s1. The van der Waals surface area contributed by atoms with Gasteiger partial charge in [-0.1, -0.05) is 54.1 Å². The molecular weight excluding hydrogens is 336 g/mol. The van der Waals surface area contributed by atoms with Gasteiger partial charge in [-0.3, -0.25) is 0 Å². The van der Waals surface area contributed by atoms with Crippen LogP contribution in [0.3, 0.4) is 0 Å². The molecule has 0 heterocycles. The molecule has 2 atom stereocenters. The lowest BCUT2D eigenvalue weighted by Crippen LogP contribution is -2.26. The monoisotopic (exact) mass is 362 g/mol. The quantitative estimate of drug-likeness (QED) is 0.658. The Morgan fingerprint density at radius 3 is 1.67 bits per heavy atom. The van der Waals surface area contributed by atoms with E-state index in [1.807, 2.05) is 48.5 Å². The fraction of sp³-hybridized carbons (Fsp3) is 0.217. The fourth-order valence-corrected chi connectivity index (χ4v) is 2.88. The number of ether oxygens (including phenoxy) is 2. The van der Waals surface area contributed by atoms with Gasteiger partial charge < -0.3 is 20.9 Å². The van der Waals surface area contributed by atoms with Crippen LogP contribution in [0.4, 0.5) is 0 Å². The second-order valence-corrected chi connectivity index (χ2v) is 6.67. The van der Waals surface area contributed by atoms with E-state index in [2.05, 4.69) is 31.2 Å². The second-order valence-electron chi connectivity index (χ2n) is 6.67. The van der Waals surface area contributed by atoms with Crippen LogP contribution in [0.15, 0.2) is 72.8 Å². The molecule has 0 aliphatic carbocycles. The van der Waals surface area contributed by atoms with Crippen LogP contribution in [0, 0.1) is 6.92 Å². The van der Waals surface area contributed by atoms with E-state index >= 15 is 0 Å². The minimum atomic E-state index is -0.301. The van der Waals surface area contributed by atoms with Crippen LogP contribution in [0.1, 0.15) is 34.3 Å². The van der Waals surface area contributed by atoms with E-state index < -0.39 is 0 Å². The summed E-state index contributed by atoms with van der Waals surface area (Å²) < 4.78 is 11.0. The molecule has 0 aliphatic rings. The van der Waals surface area contributed by atoms with Gasteiger partial charge in [0.15, 0.2) is 0 Å². The van der Waals surface area contributed by atoms with Gasteiger partial charge in [-0.2, -0.15) is 0 Å². The predicted molar refractivity (Wildman–Crippen MR) is 109 cm³/mol. The predicted octanol–water partition coefficient (Wildman–Crippen LogP) is 4.28. The summed E-state index contributed by atoms with van der Waals surface area (Å²) in [6.07, 6.45) is 0.